The fourth-order valence-corrected chi connectivity index (χ4v) is 3.28. The Kier molecular flexibility index (Phi) is 5.15. The normalized spacial score (nSPS) is 19.5. The number of H-pyrrole nitrogens is 1. The first kappa shape index (κ1) is 16.2. The number of fused-ring (bicyclic) bond motifs is 1. The van der Waals surface area contributed by atoms with Crippen LogP contribution in [0.15, 0.2) is 23.0 Å². The second-order valence-electron chi connectivity index (χ2n) is 6.31. The molecule has 1 aliphatic rings. The molecule has 0 bridgehead atoms. The summed E-state index contributed by atoms with van der Waals surface area (Å²) >= 11 is 0. The number of hydrogen-bond donors (Lipinski definition) is 2. The smallest absolute Gasteiger partial charge is 0.326 e. The van der Waals surface area contributed by atoms with E-state index in [1.165, 1.54) is 5.56 Å². The molecule has 3 N–H and O–H groups in total. The third-order valence-corrected chi connectivity index (χ3v) is 4.62. The van der Waals surface area contributed by atoms with Crippen LogP contribution in [-0.4, -0.2) is 53.3 Å². The number of aromatic nitrogens is 2. The number of morpholine rings is 1. The number of imidazole rings is 1. The average molecular weight is 318 g/mol. The Labute approximate surface area is 136 Å². The molecule has 1 aromatic heterocycles. The van der Waals surface area contributed by atoms with Gasteiger partial charge in [-0.2, -0.15) is 0 Å². The zero-order chi connectivity index (χ0) is 16.2. The molecule has 2 aromatic rings. The van der Waals surface area contributed by atoms with Crippen molar-refractivity contribution in [2.24, 2.45) is 12.8 Å². The number of benzene rings is 1. The largest absolute Gasteiger partial charge is 0.376 e. The van der Waals surface area contributed by atoms with E-state index in [-0.39, 0.29) is 5.69 Å². The third kappa shape index (κ3) is 3.83. The first-order valence-corrected chi connectivity index (χ1v) is 8.39. The predicted octanol–water partition coefficient (Wildman–Crippen LogP) is 0.849. The zero-order valence-corrected chi connectivity index (χ0v) is 13.8. The SMILES string of the molecule is Cn1c(=O)[nH]c2ccc(CCCN3CCO[C@@H](CCN)C3)cc21. The van der Waals surface area contributed by atoms with Crippen LogP contribution in [0.5, 0.6) is 0 Å². The van der Waals surface area contributed by atoms with Gasteiger partial charge in [-0.1, -0.05) is 6.07 Å². The molecule has 6 nitrogen and oxygen atoms in total. The van der Waals surface area contributed by atoms with E-state index in [4.69, 9.17) is 10.5 Å². The van der Waals surface area contributed by atoms with Crippen molar-refractivity contribution in [2.75, 3.05) is 32.8 Å². The second kappa shape index (κ2) is 7.29. The summed E-state index contributed by atoms with van der Waals surface area (Å²) in [6.07, 6.45) is 3.36. The van der Waals surface area contributed by atoms with Gasteiger partial charge in [0.1, 0.15) is 0 Å². The van der Waals surface area contributed by atoms with Gasteiger partial charge in [0.15, 0.2) is 0 Å². The van der Waals surface area contributed by atoms with Crippen LogP contribution >= 0.6 is 0 Å². The van der Waals surface area contributed by atoms with E-state index in [9.17, 15) is 4.79 Å². The molecule has 126 valence electrons. The molecule has 1 atom stereocenters. The van der Waals surface area contributed by atoms with Gasteiger partial charge in [0.05, 0.1) is 23.7 Å². The molecule has 0 spiro atoms. The lowest BCUT2D eigenvalue weighted by Crippen LogP contribution is -2.43. The maximum Gasteiger partial charge on any atom is 0.326 e. The predicted molar refractivity (Wildman–Crippen MR) is 91.7 cm³/mol. The Morgan fingerprint density at radius 3 is 3.13 bits per heavy atom. The number of rotatable bonds is 6. The van der Waals surface area contributed by atoms with Crippen LogP contribution in [0.4, 0.5) is 0 Å². The van der Waals surface area contributed by atoms with E-state index in [0.717, 1.165) is 56.5 Å². The third-order valence-electron chi connectivity index (χ3n) is 4.62. The van der Waals surface area contributed by atoms with Crippen molar-refractivity contribution in [3.63, 3.8) is 0 Å². The summed E-state index contributed by atoms with van der Waals surface area (Å²) in [5, 5.41) is 0. The van der Waals surface area contributed by atoms with Crippen molar-refractivity contribution in [1.29, 1.82) is 0 Å². The average Bonchev–Trinajstić information content (AvgIpc) is 2.83. The Hall–Kier alpha value is -1.63. The minimum absolute atomic E-state index is 0.0589. The first-order valence-electron chi connectivity index (χ1n) is 8.39. The molecular weight excluding hydrogens is 292 g/mol. The second-order valence-corrected chi connectivity index (χ2v) is 6.31. The molecule has 1 fully saturated rings. The van der Waals surface area contributed by atoms with Gasteiger partial charge in [-0.05, 0) is 50.0 Å². The van der Waals surface area contributed by atoms with Gasteiger partial charge in [0.2, 0.25) is 0 Å². The molecule has 3 rings (SSSR count). The van der Waals surface area contributed by atoms with Crippen molar-refractivity contribution in [2.45, 2.75) is 25.4 Å². The summed E-state index contributed by atoms with van der Waals surface area (Å²) in [6, 6.07) is 6.22. The molecule has 0 aliphatic carbocycles. The molecule has 6 heteroatoms. The number of aryl methyl sites for hydroxylation is 2. The number of nitrogens with one attached hydrogen (secondary N) is 1. The highest BCUT2D eigenvalue weighted by Crippen LogP contribution is 2.14. The van der Waals surface area contributed by atoms with Crippen molar-refractivity contribution >= 4 is 11.0 Å². The van der Waals surface area contributed by atoms with E-state index in [1.54, 1.807) is 11.6 Å². The van der Waals surface area contributed by atoms with E-state index in [1.807, 2.05) is 6.07 Å². The summed E-state index contributed by atoms with van der Waals surface area (Å²) in [5.41, 5.74) is 8.71. The van der Waals surface area contributed by atoms with Crippen LogP contribution in [0.3, 0.4) is 0 Å². The highest BCUT2D eigenvalue weighted by molar-refractivity contribution is 5.75. The van der Waals surface area contributed by atoms with E-state index in [0.29, 0.717) is 12.6 Å². The number of ether oxygens (including phenoxy) is 1. The molecule has 0 radical (unpaired) electrons. The molecule has 0 saturated carbocycles. The topological polar surface area (TPSA) is 76.3 Å². The van der Waals surface area contributed by atoms with E-state index >= 15 is 0 Å². The van der Waals surface area contributed by atoms with Gasteiger partial charge in [-0.3, -0.25) is 9.47 Å². The van der Waals surface area contributed by atoms with E-state index in [2.05, 4.69) is 22.0 Å². The van der Waals surface area contributed by atoms with Gasteiger partial charge in [0, 0.05) is 20.1 Å². The number of hydrogen-bond acceptors (Lipinski definition) is 4. The molecule has 1 aromatic carbocycles. The lowest BCUT2D eigenvalue weighted by Gasteiger charge is -2.32. The summed E-state index contributed by atoms with van der Waals surface area (Å²) in [4.78, 5) is 17.0. The minimum Gasteiger partial charge on any atom is -0.376 e. The van der Waals surface area contributed by atoms with E-state index < -0.39 is 0 Å². The number of nitrogens with zero attached hydrogens (tertiary/aromatic N) is 2. The molecular formula is C17H26N4O2. The van der Waals surface area contributed by atoms with Crippen LogP contribution < -0.4 is 11.4 Å². The summed E-state index contributed by atoms with van der Waals surface area (Å²) in [6.45, 7) is 4.57. The quantitative estimate of drug-likeness (QED) is 0.828. The van der Waals surface area contributed by atoms with Crippen LogP contribution in [0.2, 0.25) is 0 Å². The van der Waals surface area contributed by atoms with Gasteiger partial charge < -0.3 is 15.5 Å². The van der Waals surface area contributed by atoms with Crippen molar-refractivity contribution < 1.29 is 4.74 Å². The van der Waals surface area contributed by atoms with Crippen molar-refractivity contribution in [3.05, 3.63) is 34.2 Å². The minimum atomic E-state index is -0.0589. The van der Waals surface area contributed by atoms with Gasteiger partial charge >= 0.3 is 5.69 Å². The molecule has 0 unspecified atom stereocenters. The molecule has 23 heavy (non-hydrogen) atoms. The fourth-order valence-electron chi connectivity index (χ4n) is 3.28. The van der Waals surface area contributed by atoms with Crippen molar-refractivity contribution in [1.82, 2.24) is 14.5 Å². The maximum atomic E-state index is 11.6. The lowest BCUT2D eigenvalue weighted by molar-refractivity contribution is -0.0308. The van der Waals surface area contributed by atoms with Crippen LogP contribution in [0.1, 0.15) is 18.4 Å². The van der Waals surface area contributed by atoms with Gasteiger partial charge in [-0.15, -0.1) is 0 Å². The Morgan fingerprint density at radius 1 is 1.43 bits per heavy atom. The first-order chi connectivity index (χ1) is 11.2. The summed E-state index contributed by atoms with van der Waals surface area (Å²) in [5.74, 6) is 0. The highest BCUT2D eigenvalue weighted by atomic mass is 16.5. The Balaban J connectivity index is 1.54. The number of nitrogens with two attached hydrogens (primary N) is 1. The zero-order valence-electron chi connectivity index (χ0n) is 13.8. The molecule has 1 saturated heterocycles. The molecule has 2 heterocycles. The number of aromatic amines is 1. The fraction of sp³-hybridized carbons (Fsp3) is 0.588. The van der Waals surface area contributed by atoms with Crippen molar-refractivity contribution in [3.8, 4) is 0 Å². The molecule has 1 aliphatic heterocycles. The maximum absolute atomic E-state index is 11.6. The summed E-state index contributed by atoms with van der Waals surface area (Å²) < 4.78 is 7.38. The Morgan fingerprint density at radius 2 is 2.30 bits per heavy atom. The monoisotopic (exact) mass is 318 g/mol. The van der Waals surface area contributed by atoms with Gasteiger partial charge in [0.25, 0.3) is 0 Å². The van der Waals surface area contributed by atoms with Crippen LogP contribution in [0.25, 0.3) is 11.0 Å². The summed E-state index contributed by atoms with van der Waals surface area (Å²) in [7, 11) is 1.80. The van der Waals surface area contributed by atoms with Crippen LogP contribution in [-0.2, 0) is 18.2 Å². The highest BCUT2D eigenvalue weighted by Gasteiger charge is 2.19. The standard InChI is InChI=1S/C17H26N4O2/c1-20-16-11-13(4-5-15(16)19-17(20)22)3-2-8-21-9-10-23-14(12-21)6-7-18/h4-5,11,14H,2-3,6-10,12,18H2,1H3,(H,19,22)/t14-/m0/s1. The van der Waals surface area contributed by atoms with Crippen LogP contribution in [0, 0.1) is 0 Å². The Bertz CT molecular complexity index is 704. The lowest BCUT2D eigenvalue weighted by atomic mass is 10.1. The van der Waals surface area contributed by atoms with Gasteiger partial charge in [-0.25, -0.2) is 4.79 Å². The molecule has 0 amide bonds.